The second kappa shape index (κ2) is 7.61. The number of aromatic carboxylic acids is 1. The van der Waals surface area contributed by atoms with Crippen LogP contribution in [0, 0.1) is 0 Å². The van der Waals surface area contributed by atoms with Gasteiger partial charge in [0.2, 0.25) is 0 Å². The number of carboxylic acid groups (broad SMARTS) is 1. The van der Waals surface area contributed by atoms with E-state index in [9.17, 15) is 15.0 Å². The zero-order valence-corrected chi connectivity index (χ0v) is 16.9. The third-order valence-corrected chi connectivity index (χ3v) is 4.81. The molecule has 1 aromatic carbocycles. The molecule has 2 heterocycles. The number of aromatic nitrogens is 2. The summed E-state index contributed by atoms with van der Waals surface area (Å²) in [6, 6.07) is 5.55. The van der Waals surface area contributed by atoms with E-state index in [0.29, 0.717) is 35.3 Å². The number of phenolic OH excluding ortho intramolecular Hbond substituents is 1. The highest BCUT2D eigenvalue weighted by molar-refractivity contribution is 6.08. The maximum Gasteiger partial charge on any atom is 0.338 e. The number of carbonyl (C=O) groups is 1. The van der Waals surface area contributed by atoms with Gasteiger partial charge in [-0.05, 0) is 40.3 Å². The molecule has 0 atom stereocenters. The summed E-state index contributed by atoms with van der Waals surface area (Å²) in [6.07, 6.45) is 3.38. The van der Waals surface area contributed by atoms with Crippen LogP contribution < -0.4 is 0 Å². The molecule has 28 heavy (non-hydrogen) atoms. The van der Waals surface area contributed by atoms with E-state index < -0.39 is 5.97 Å². The minimum absolute atomic E-state index is 0.0960. The lowest BCUT2D eigenvalue weighted by molar-refractivity contribution is 0.0696. The zero-order valence-electron chi connectivity index (χ0n) is 16.9. The van der Waals surface area contributed by atoms with Crippen molar-refractivity contribution >= 4 is 16.9 Å². The fourth-order valence-corrected chi connectivity index (χ4v) is 3.64. The molecule has 0 saturated carbocycles. The number of aromatic hydroxyl groups is 1. The molecule has 0 aliphatic rings. The number of phenols is 1. The van der Waals surface area contributed by atoms with E-state index in [1.165, 1.54) is 0 Å². The summed E-state index contributed by atoms with van der Waals surface area (Å²) < 4.78 is 1.91. The number of nitrogens with zero attached hydrogens (tertiary/aromatic N) is 4. The number of aryl methyl sites for hydroxylation is 1. The second-order valence-electron chi connectivity index (χ2n) is 7.55. The highest BCUT2D eigenvalue weighted by Crippen LogP contribution is 2.41. The topological polar surface area (TPSA) is 81.8 Å². The predicted molar refractivity (Wildman–Crippen MR) is 110 cm³/mol. The third-order valence-electron chi connectivity index (χ3n) is 4.81. The molecule has 0 fully saturated rings. The number of hydrogen-bond acceptors (Lipinski definition) is 5. The molecule has 7 nitrogen and oxygen atoms in total. The zero-order chi connectivity index (χ0) is 20.6. The van der Waals surface area contributed by atoms with E-state index in [4.69, 9.17) is 0 Å². The largest absolute Gasteiger partial charge is 0.507 e. The standard InChI is InChI=1S/C21H26N4O3/c1-23(2)11-15-18-16(9-14(20(15)26)13-7-6-8-22-10-13)25(5)17(12-24(3)4)19(18)21(27)28/h6-10,26H,11-12H2,1-5H3,(H,27,28). The lowest BCUT2D eigenvalue weighted by Gasteiger charge is -2.16. The van der Waals surface area contributed by atoms with Crippen molar-refractivity contribution in [1.29, 1.82) is 0 Å². The number of hydrogen-bond donors (Lipinski definition) is 2. The number of benzene rings is 1. The van der Waals surface area contributed by atoms with Crippen molar-refractivity contribution in [2.45, 2.75) is 13.1 Å². The van der Waals surface area contributed by atoms with Gasteiger partial charge in [-0.2, -0.15) is 0 Å². The number of pyridine rings is 1. The summed E-state index contributed by atoms with van der Waals surface area (Å²) in [4.78, 5) is 20.2. The minimum atomic E-state index is -0.990. The van der Waals surface area contributed by atoms with Gasteiger partial charge < -0.3 is 24.6 Å². The summed E-state index contributed by atoms with van der Waals surface area (Å²) in [5.74, 6) is -0.894. The maximum absolute atomic E-state index is 12.2. The number of carboxylic acids is 1. The average molecular weight is 382 g/mol. The minimum Gasteiger partial charge on any atom is -0.507 e. The van der Waals surface area contributed by atoms with Crippen LogP contribution in [0.3, 0.4) is 0 Å². The lowest BCUT2D eigenvalue weighted by atomic mass is 9.96. The monoisotopic (exact) mass is 382 g/mol. The van der Waals surface area contributed by atoms with Crippen molar-refractivity contribution in [1.82, 2.24) is 19.4 Å². The molecule has 0 radical (unpaired) electrons. The van der Waals surface area contributed by atoms with E-state index in [2.05, 4.69) is 4.98 Å². The molecule has 3 rings (SSSR count). The van der Waals surface area contributed by atoms with Gasteiger partial charge in [0, 0.05) is 60.3 Å². The second-order valence-corrected chi connectivity index (χ2v) is 7.55. The molecule has 2 aromatic heterocycles. The van der Waals surface area contributed by atoms with Crippen molar-refractivity contribution in [3.63, 3.8) is 0 Å². The van der Waals surface area contributed by atoms with E-state index in [-0.39, 0.29) is 11.3 Å². The molecule has 7 heteroatoms. The van der Waals surface area contributed by atoms with E-state index in [1.54, 1.807) is 12.4 Å². The highest BCUT2D eigenvalue weighted by atomic mass is 16.4. The molecule has 3 aromatic rings. The summed E-state index contributed by atoms with van der Waals surface area (Å²) in [6.45, 7) is 0.902. The first-order chi connectivity index (χ1) is 13.2. The maximum atomic E-state index is 12.2. The van der Waals surface area contributed by atoms with Crippen LogP contribution in [-0.2, 0) is 20.1 Å². The van der Waals surface area contributed by atoms with Crippen molar-refractivity contribution in [3.05, 3.63) is 47.4 Å². The van der Waals surface area contributed by atoms with Crippen LogP contribution in [0.15, 0.2) is 30.6 Å². The van der Waals surface area contributed by atoms with E-state index in [1.807, 2.05) is 67.8 Å². The Labute approximate surface area is 164 Å². The fraction of sp³-hybridized carbons (Fsp3) is 0.333. The van der Waals surface area contributed by atoms with Crippen LogP contribution in [0.4, 0.5) is 0 Å². The lowest BCUT2D eigenvalue weighted by Crippen LogP contribution is -2.16. The Morgan fingerprint density at radius 1 is 1.18 bits per heavy atom. The molecular weight excluding hydrogens is 356 g/mol. The Morgan fingerprint density at radius 3 is 2.39 bits per heavy atom. The first-order valence-electron chi connectivity index (χ1n) is 9.01. The van der Waals surface area contributed by atoms with E-state index in [0.717, 1.165) is 11.1 Å². The first kappa shape index (κ1) is 19.9. The molecule has 0 bridgehead atoms. The van der Waals surface area contributed by atoms with E-state index >= 15 is 0 Å². The van der Waals surface area contributed by atoms with Crippen LogP contribution in [0.1, 0.15) is 21.6 Å². The molecule has 0 spiro atoms. The van der Waals surface area contributed by atoms with Crippen molar-refractivity contribution in [2.75, 3.05) is 28.2 Å². The molecule has 2 N–H and O–H groups in total. The van der Waals surface area contributed by atoms with Crippen LogP contribution >= 0.6 is 0 Å². The van der Waals surface area contributed by atoms with Crippen LogP contribution in [0.2, 0.25) is 0 Å². The van der Waals surface area contributed by atoms with Crippen LogP contribution in [0.25, 0.3) is 22.0 Å². The van der Waals surface area contributed by atoms with Gasteiger partial charge in [-0.15, -0.1) is 0 Å². The molecule has 0 aliphatic heterocycles. The highest BCUT2D eigenvalue weighted by Gasteiger charge is 2.27. The Hall–Kier alpha value is -2.90. The van der Waals surface area contributed by atoms with Crippen LogP contribution in [0.5, 0.6) is 5.75 Å². The van der Waals surface area contributed by atoms with Gasteiger partial charge in [-0.25, -0.2) is 4.79 Å². The Bertz CT molecular complexity index is 1020. The smallest absolute Gasteiger partial charge is 0.338 e. The summed E-state index contributed by atoms with van der Waals surface area (Å²) in [7, 11) is 9.47. The Kier molecular flexibility index (Phi) is 5.40. The molecule has 0 saturated heterocycles. The molecule has 148 valence electrons. The van der Waals surface area contributed by atoms with Gasteiger partial charge in [-0.1, -0.05) is 6.07 Å². The average Bonchev–Trinajstić information content (AvgIpc) is 2.89. The van der Waals surface area contributed by atoms with Gasteiger partial charge in [0.05, 0.1) is 11.1 Å². The van der Waals surface area contributed by atoms with Crippen molar-refractivity contribution in [2.24, 2.45) is 7.05 Å². The number of fused-ring (bicyclic) bond motifs is 1. The molecular formula is C21H26N4O3. The fourth-order valence-electron chi connectivity index (χ4n) is 3.64. The molecule has 0 aliphatic carbocycles. The number of rotatable bonds is 6. The van der Waals surface area contributed by atoms with Crippen LogP contribution in [-0.4, -0.2) is 63.7 Å². The van der Waals surface area contributed by atoms with Gasteiger partial charge in [-0.3, -0.25) is 4.98 Å². The summed E-state index contributed by atoms with van der Waals surface area (Å²) in [5.41, 5.74) is 3.77. The third kappa shape index (κ3) is 3.46. The normalized spacial score (nSPS) is 11.7. The summed E-state index contributed by atoms with van der Waals surface area (Å²) in [5, 5.41) is 21.7. The molecule has 0 amide bonds. The predicted octanol–water partition coefficient (Wildman–Crippen LogP) is 2.77. The Morgan fingerprint density at radius 2 is 1.86 bits per heavy atom. The van der Waals surface area contributed by atoms with Gasteiger partial charge in [0.15, 0.2) is 0 Å². The van der Waals surface area contributed by atoms with Gasteiger partial charge in [0.25, 0.3) is 0 Å². The van der Waals surface area contributed by atoms with Gasteiger partial charge in [0.1, 0.15) is 5.75 Å². The SMILES string of the molecule is CN(C)Cc1c(O)c(-c2cccnc2)cc2c1c(C(=O)O)c(CN(C)C)n2C. The van der Waals surface area contributed by atoms with Crippen molar-refractivity contribution in [3.8, 4) is 16.9 Å². The quantitative estimate of drug-likeness (QED) is 0.682. The Balaban J connectivity index is 2.45. The molecule has 0 unspecified atom stereocenters. The van der Waals surface area contributed by atoms with Gasteiger partial charge >= 0.3 is 5.97 Å². The first-order valence-corrected chi connectivity index (χ1v) is 9.01. The summed E-state index contributed by atoms with van der Waals surface area (Å²) >= 11 is 0. The van der Waals surface area contributed by atoms with Crippen molar-refractivity contribution < 1.29 is 15.0 Å².